The first-order valence-electron chi connectivity index (χ1n) is 5.04. The SMILES string of the molecule is N#COCCCCC(C#N)OOCCOC#N. The highest BCUT2D eigenvalue weighted by Crippen LogP contribution is 2.04. The molecule has 0 radical (unpaired) electrons. The summed E-state index contributed by atoms with van der Waals surface area (Å²) in [6, 6.07) is 1.92. The molecule has 0 aromatic carbocycles. The van der Waals surface area contributed by atoms with E-state index in [4.69, 9.17) is 20.7 Å². The molecule has 0 fully saturated rings. The molecule has 0 N–H and O–H groups in total. The summed E-state index contributed by atoms with van der Waals surface area (Å²) in [6.45, 7) is 0.513. The van der Waals surface area contributed by atoms with Crippen LogP contribution in [0.1, 0.15) is 19.3 Å². The first-order valence-corrected chi connectivity index (χ1v) is 5.04. The third kappa shape index (κ3) is 10.3. The van der Waals surface area contributed by atoms with Crippen LogP contribution in [0.25, 0.3) is 0 Å². The average molecular weight is 239 g/mol. The molecule has 0 saturated heterocycles. The maximum atomic E-state index is 8.71. The van der Waals surface area contributed by atoms with Crippen LogP contribution >= 0.6 is 0 Å². The van der Waals surface area contributed by atoms with Crippen molar-refractivity contribution in [3.8, 4) is 18.6 Å². The minimum absolute atomic E-state index is 0.0866. The van der Waals surface area contributed by atoms with Crippen molar-refractivity contribution in [3.63, 3.8) is 0 Å². The zero-order valence-corrected chi connectivity index (χ0v) is 9.29. The third-order valence-electron chi connectivity index (χ3n) is 1.69. The Kier molecular flexibility index (Phi) is 10.6. The minimum atomic E-state index is -0.667. The quantitative estimate of drug-likeness (QED) is 0.242. The molecule has 0 aromatic rings. The van der Waals surface area contributed by atoms with E-state index in [0.29, 0.717) is 25.9 Å². The van der Waals surface area contributed by atoms with Gasteiger partial charge in [-0.1, -0.05) is 0 Å². The summed E-state index contributed by atoms with van der Waals surface area (Å²) < 4.78 is 8.82. The van der Waals surface area contributed by atoms with E-state index in [1.807, 2.05) is 6.07 Å². The second kappa shape index (κ2) is 12.1. The van der Waals surface area contributed by atoms with Gasteiger partial charge in [0.15, 0.2) is 6.10 Å². The molecule has 1 unspecified atom stereocenters. The van der Waals surface area contributed by atoms with Crippen molar-refractivity contribution in [2.24, 2.45) is 0 Å². The van der Waals surface area contributed by atoms with E-state index in [1.165, 1.54) is 6.26 Å². The van der Waals surface area contributed by atoms with Crippen LogP contribution in [0.4, 0.5) is 0 Å². The number of ether oxygens (including phenoxy) is 2. The highest BCUT2D eigenvalue weighted by molar-refractivity contribution is 4.82. The Morgan fingerprint density at radius 1 is 0.882 bits per heavy atom. The second-order valence-electron chi connectivity index (χ2n) is 2.91. The number of rotatable bonds is 10. The third-order valence-corrected chi connectivity index (χ3v) is 1.69. The molecule has 0 aliphatic carbocycles. The maximum absolute atomic E-state index is 8.71. The first kappa shape index (κ1) is 15.0. The fourth-order valence-corrected chi connectivity index (χ4v) is 0.935. The Morgan fingerprint density at radius 2 is 1.59 bits per heavy atom. The van der Waals surface area contributed by atoms with Gasteiger partial charge in [0.05, 0.1) is 6.07 Å². The van der Waals surface area contributed by atoms with Crippen molar-refractivity contribution in [2.75, 3.05) is 19.8 Å². The van der Waals surface area contributed by atoms with Gasteiger partial charge >= 0.3 is 0 Å². The van der Waals surface area contributed by atoms with Crippen LogP contribution in [0.5, 0.6) is 0 Å². The number of hydrogen-bond acceptors (Lipinski definition) is 7. The fourth-order valence-electron chi connectivity index (χ4n) is 0.935. The standard InChI is InChI=1S/C10H13N3O4/c11-7-10(3-1-2-4-14-8-12)17-16-6-5-15-9-13/h10H,1-6H2. The van der Waals surface area contributed by atoms with Crippen LogP contribution in [-0.4, -0.2) is 25.9 Å². The molecule has 7 nitrogen and oxygen atoms in total. The topological polar surface area (TPSA) is 108 Å². The van der Waals surface area contributed by atoms with E-state index in [0.717, 1.165) is 0 Å². The zero-order chi connectivity index (χ0) is 12.8. The van der Waals surface area contributed by atoms with Gasteiger partial charge in [0.2, 0.25) is 0 Å². The fraction of sp³-hybridized carbons (Fsp3) is 0.700. The summed E-state index contributed by atoms with van der Waals surface area (Å²) in [7, 11) is 0. The molecule has 7 heteroatoms. The lowest BCUT2D eigenvalue weighted by molar-refractivity contribution is -0.315. The van der Waals surface area contributed by atoms with Crippen molar-refractivity contribution in [1.29, 1.82) is 15.8 Å². The van der Waals surface area contributed by atoms with Crippen molar-refractivity contribution in [1.82, 2.24) is 0 Å². The lowest BCUT2D eigenvalue weighted by Gasteiger charge is -2.08. The van der Waals surface area contributed by atoms with E-state index in [2.05, 4.69) is 14.4 Å². The van der Waals surface area contributed by atoms with E-state index in [-0.39, 0.29) is 13.2 Å². The van der Waals surface area contributed by atoms with Crippen molar-refractivity contribution in [2.45, 2.75) is 25.4 Å². The van der Waals surface area contributed by atoms with Crippen LogP contribution in [-0.2, 0) is 19.2 Å². The van der Waals surface area contributed by atoms with Crippen molar-refractivity contribution in [3.05, 3.63) is 0 Å². The van der Waals surface area contributed by atoms with Crippen LogP contribution < -0.4 is 0 Å². The number of hydrogen-bond donors (Lipinski definition) is 0. The molecule has 0 rings (SSSR count). The van der Waals surface area contributed by atoms with Crippen molar-refractivity contribution < 1.29 is 19.2 Å². The number of unbranched alkanes of at least 4 members (excludes halogenated alkanes) is 1. The average Bonchev–Trinajstić information content (AvgIpc) is 2.36. The van der Waals surface area contributed by atoms with Crippen LogP contribution in [0, 0.1) is 34.4 Å². The molecule has 0 bridgehead atoms. The van der Waals surface area contributed by atoms with Gasteiger partial charge in [-0.3, -0.25) is 0 Å². The Bertz CT molecular complexity index is 278. The van der Waals surface area contributed by atoms with Gasteiger partial charge in [0, 0.05) is 0 Å². The summed E-state index contributed by atoms with van der Waals surface area (Å²) in [6.07, 6.45) is 4.23. The van der Waals surface area contributed by atoms with Gasteiger partial charge in [-0.2, -0.15) is 15.8 Å². The van der Waals surface area contributed by atoms with E-state index in [9.17, 15) is 0 Å². The Labute approximate surface area is 99.6 Å². The summed E-state index contributed by atoms with van der Waals surface area (Å²) >= 11 is 0. The Morgan fingerprint density at radius 3 is 2.24 bits per heavy atom. The lowest BCUT2D eigenvalue weighted by atomic mass is 10.2. The highest BCUT2D eigenvalue weighted by Gasteiger charge is 2.08. The molecule has 0 heterocycles. The van der Waals surface area contributed by atoms with Gasteiger partial charge < -0.3 is 9.47 Å². The molecule has 92 valence electrons. The summed E-state index contributed by atoms with van der Waals surface area (Å²) in [4.78, 5) is 9.47. The Balaban J connectivity index is 3.41. The number of nitrogens with zero attached hydrogens (tertiary/aromatic N) is 3. The van der Waals surface area contributed by atoms with E-state index in [1.54, 1.807) is 6.26 Å². The largest absolute Gasteiger partial charge is 0.428 e. The molecule has 0 aromatic heterocycles. The monoisotopic (exact) mass is 239 g/mol. The molecule has 0 saturated carbocycles. The summed E-state index contributed by atoms with van der Waals surface area (Å²) in [5.74, 6) is 0. The minimum Gasteiger partial charge on any atom is -0.428 e. The molecule has 0 spiro atoms. The van der Waals surface area contributed by atoms with Gasteiger partial charge in [-0.25, -0.2) is 9.78 Å². The predicted molar refractivity (Wildman–Crippen MR) is 53.4 cm³/mol. The Hall–Kier alpha value is -2.01. The van der Waals surface area contributed by atoms with Gasteiger partial charge in [-0.15, -0.1) is 0 Å². The van der Waals surface area contributed by atoms with E-state index < -0.39 is 6.10 Å². The molecule has 1 atom stereocenters. The van der Waals surface area contributed by atoms with E-state index >= 15 is 0 Å². The van der Waals surface area contributed by atoms with Gasteiger partial charge in [0.25, 0.3) is 12.5 Å². The molecule has 0 amide bonds. The second-order valence-corrected chi connectivity index (χ2v) is 2.91. The van der Waals surface area contributed by atoms with Gasteiger partial charge in [0.1, 0.15) is 19.8 Å². The molecule has 17 heavy (non-hydrogen) atoms. The normalized spacial score (nSPS) is 10.6. The number of nitriles is 3. The molecular weight excluding hydrogens is 226 g/mol. The zero-order valence-electron chi connectivity index (χ0n) is 9.29. The predicted octanol–water partition coefficient (Wildman–Crippen LogP) is 0.992. The highest BCUT2D eigenvalue weighted by atomic mass is 17.2. The maximum Gasteiger partial charge on any atom is 0.286 e. The van der Waals surface area contributed by atoms with Crippen molar-refractivity contribution >= 4 is 0 Å². The summed E-state index contributed by atoms with van der Waals surface area (Å²) in [5, 5.41) is 24.9. The van der Waals surface area contributed by atoms with Crippen LogP contribution in [0.2, 0.25) is 0 Å². The molecule has 0 aliphatic rings. The lowest BCUT2D eigenvalue weighted by Crippen LogP contribution is -2.13. The van der Waals surface area contributed by atoms with Gasteiger partial charge in [-0.05, 0) is 19.3 Å². The van der Waals surface area contributed by atoms with Crippen LogP contribution in [0.15, 0.2) is 0 Å². The molecule has 0 aliphatic heterocycles. The van der Waals surface area contributed by atoms with Crippen LogP contribution in [0.3, 0.4) is 0 Å². The molecular formula is C10H13N3O4. The smallest absolute Gasteiger partial charge is 0.286 e. The first-order chi connectivity index (χ1) is 8.35. The summed E-state index contributed by atoms with van der Waals surface area (Å²) in [5.41, 5.74) is 0.